The van der Waals surface area contributed by atoms with Crippen LogP contribution in [0.4, 0.5) is 5.69 Å². The number of carbonyl (C=O) groups excluding carboxylic acids is 1. The average molecular weight is 567 g/mol. The maximum Gasteiger partial charge on any atom is 0.229 e. The lowest BCUT2D eigenvalue weighted by molar-refractivity contribution is -0.129. The van der Waals surface area contributed by atoms with Gasteiger partial charge in [-0.2, -0.15) is 5.26 Å². The fourth-order valence-corrected chi connectivity index (χ4v) is 5.76. The van der Waals surface area contributed by atoms with Crippen LogP contribution >= 0.6 is 39.3 Å². The fraction of sp³-hybridized carbons (Fsp3) is 0.185. The maximum atomic E-state index is 13.2. The van der Waals surface area contributed by atoms with Crippen LogP contribution in [0.5, 0.6) is 5.75 Å². The summed E-state index contributed by atoms with van der Waals surface area (Å²) in [5, 5.41) is 11.5. The highest BCUT2D eigenvalue weighted by Crippen LogP contribution is 2.43. The highest BCUT2D eigenvalue weighted by Gasteiger charge is 2.38. The fourth-order valence-electron chi connectivity index (χ4n) is 4.21. The van der Waals surface area contributed by atoms with E-state index >= 15 is 0 Å². The molecule has 3 aromatic carbocycles. The smallest absolute Gasteiger partial charge is 0.229 e. The second kappa shape index (κ2) is 10.4. The zero-order valence-electron chi connectivity index (χ0n) is 18.7. The van der Waals surface area contributed by atoms with Gasteiger partial charge in [0, 0.05) is 27.5 Å². The number of hydrogen-bond acceptors (Lipinski definition) is 5. The van der Waals surface area contributed by atoms with Gasteiger partial charge in [0.2, 0.25) is 5.91 Å². The number of halogens is 2. The van der Waals surface area contributed by atoms with Crippen molar-refractivity contribution in [3.63, 3.8) is 0 Å². The zero-order valence-corrected chi connectivity index (χ0v) is 21.8. The van der Waals surface area contributed by atoms with Gasteiger partial charge < -0.3 is 9.64 Å². The molecule has 0 radical (unpaired) electrons. The number of ether oxygens (including phenoxy) is 1. The Morgan fingerprint density at radius 1 is 1.06 bits per heavy atom. The van der Waals surface area contributed by atoms with E-state index < -0.39 is 0 Å². The lowest BCUT2D eigenvalue weighted by atomic mass is 9.86. The number of carbonyl (C=O) groups is 1. The molecule has 35 heavy (non-hydrogen) atoms. The predicted molar refractivity (Wildman–Crippen MR) is 143 cm³/mol. The molecule has 1 saturated heterocycles. The SMILES string of the molecule is N#CC1=C2SCN(c3ccc(Br)cc3)CN2C(=O)C[C@H]1c1ccc(OCc2ccc(Cl)cc2)cc1. The van der Waals surface area contributed by atoms with Crippen molar-refractivity contribution in [2.24, 2.45) is 0 Å². The topological polar surface area (TPSA) is 56.6 Å². The summed E-state index contributed by atoms with van der Waals surface area (Å²) >= 11 is 10.9. The first-order chi connectivity index (χ1) is 17.0. The predicted octanol–water partition coefficient (Wildman–Crippen LogP) is 6.90. The molecule has 0 aromatic heterocycles. The Hall–Kier alpha value is -2.92. The molecule has 1 amide bonds. The molecule has 0 saturated carbocycles. The van der Waals surface area contributed by atoms with E-state index in [0.29, 0.717) is 29.7 Å². The van der Waals surface area contributed by atoms with Gasteiger partial charge >= 0.3 is 0 Å². The van der Waals surface area contributed by atoms with Gasteiger partial charge in [-0.25, -0.2) is 0 Å². The van der Waals surface area contributed by atoms with Crippen LogP contribution in [0.1, 0.15) is 23.5 Å². The first-order valence-corrected chi connectivity index (χ1v) is 13.2. The van der Waals surface area contributed by atoms with Gasteiger partial charge in [0.1, 0.15) is 12.4 Å². The molecular formula is C27H21BrClN3O2S. The van der Waals surface area contributed by atoms with Gasteiger partial charge in [-0.05, 0) is 59.7 Å². The number of fused-ring (bicyclic) bond motifs is 1. The normalized spacial score (nSPS) is 17.7. The number of anilines is 1. The minimum Gasteiger partial charge on any atom is -0.489 e. The third kappa shape index (κ3) is 5.20. The standard InChI is InChI=1S/C27H21BrClN3O2S/c28-20-5-9-22(10-6-20)31-16-32-26(33)13-24(25(14-30)27(32)35-17-31)19-3-11-23(12-4-19)34-15-18-1-7-21(29)8-2-18/h1-12,24H,13,15-17H2/t24-/m0/s1. The number of nitrogens with zero attached hydrogens (tertiary/aromatic N) is 3. The molecule has 0 spiro atoms. The molecule has 1 atom stereocenters. The Morgan fingerprint density at radius 2 is 1.77 bits per heavy atom. The quantitative estimate of drug-likeness (QED) is 0.336. The number of thioether (sulfide) groups is 1. The Labute approximate surface area is 222 Å². The summed E-state index contributed by atoms with van der Waals surface area (Å²) in [4.78, 5) is 17.0. The maximum absolute atomic E-state index is 13.2. The summed E-state index contributed by atoms with van der Waals surface area (Å²) in [6.45, 7) is 0.880. The molecule has 3 aromatic rings. The number of rotatable bonds is 5. The first-order valence-electron chi connectivity index (χ1n) is 11.1. The lowest BCUT2D eigenvalue weighted by Gasteiger charge is -2.42. The number of allylic oxidation sites excluding steroid dienone is 1. The molecule has 176 valence electrons. The van der Waals surface area contributed by atoms with E-state index in [1.54, 1.807) is 16.7 Å². The van der Waals surface area contributed by atoms with Gasteiger partial charge in [-0.1, -0.05) is 63.6 Å². The largest absolute Gasteiger partial charge is 0.489 e. The molecule has 1 fully saturated rings. The van der Waals surface area contributed by atoms with Crippen LogP contribution in [0.25, 0.3) is 0 Å². The number of amides is 1. The van der Waals surface area contributed by atoms with E-state index in [-0.39, 0.29) is 18.2 Å². The molecule has 2 aliphatic rings. The van der Waals surface area contributed by atoms with Gasteiger partial charge in [-0.3, -0.25) is 9.69 Å². The van der Waals surface area contributed by atoms with Crippen molar-refractivity contribution < 1.29 is 9.53 Å². The molecule has 2 aliphatic heterocycles. The molecule has 0 aliphatic carbocycles. The Kier molecular flexibility index (Phi) is 7.05. The summed E-state index contributed by atoms with van der Waals surface area (Å²) in [6.07, 6.45) is 0.270. The molecule has 2 heterocycles. The minimum atomic E-state index is -0.254. The van der Waals surface area contributed by atoms with Gasteiger partial charge in [0.15, 0.2) is 0 Å². The molecule has 0 N–H and O–H groups in total. The Morgan fingerprint density at radius 3 is 2.46 bits per heavy atom. The molecule has 5 rings (SSSR count). The number of benzene rings is 3. The van der Waals surface area contributed by atoms with Crippen LogP contribution in [-0.4, -0.2) is 23.4 Å². The highest BCUT2D eigenvalue weighted by molar-refractivity contribution is 9.10. The number of nitriles is 1. The van der Waals surface area contributed by atoms with Gasteiger partial charge in [0.25, 0.3) is 0 Å². The van der Waals surface area contributed by atoms with Crippen molar-refractivity contribution >= 4 is 50.9 Å². The van der Waals surface area contributed by atoms with Crippen LogP contribution < -0.4 is 9.64 Å². The monoisotopic (exact) mass is 565 g/mol. The Balaban J connectivity index is 1.31. The third-order valence-electron chi connectivity index (χ3n) is 6.09. The van der Waals surface area contributed by atoms with Crippen molar-refractivity contribution in [2.45, 2.75) is 18.9 Å². The van der Waals surface area contributed by atoms with Crippen molar-refractivity contribution in [3.8, 4) is 11.8 Å². The van der Waals surface area contributed by atoms with Crippen molar-refractivity contribution in [2.75, 3.05) is 17.4 Å². The molecule has 8 heteroatoms. The summed E-state index contributed by atoms with van der Waals surface area (Å²) in [5.74, 6) is 1.18. The van der Waals surface area contributed by atoms with Crippen LogP contribution in [0.2, 0.25) is 5.02 Å². The molecule has 0 unspecified atom stereocenters. The van der Waals surface area contributed by atoms with Crippen LogP contribution in [0.15, 0.2) is 87.9 Å². The van der Waals surface area contributed by atoms with Crippen molar-refractivity contribution in [1.82, 2.24) is 4.90 Å². The highest BCUT2D eigenvalue weighted by atomic mass is 79.9. The van der Waals surface area contributed by atoms with Crippen LogP contribution in [-0.2, 0) is 11.4 Å². The van der Waals surface area contributed by atoms with E-state index in [9.17, 15) is 10.1 Å². The molecule has 5 nitrogen and oxygen atoms in total. The average Bonchev–Trinajstić information content (AvgIpc) is 2.89. The summed E-state index contributed by atoms with van der Waals surface area (Å²) < 4.78 is 6.90. The van der Waals surface area contributed by atoms with E-state index in [2.05, 4.69) is 26.9 Å². The zero-order chi connectivity index (χ0) is 24.4. The van der Waals surface area contributed by atoms with Crippen molar-refractivity contribution in [1.29, 1.82) is 5.26 Å². The first kappa shape index (κ1) is 23.8. The van der Waals surface area contributed by atoms with Crippen LogP contribution in [0, 0.1) is 11.3 Å². The Bertz CT molecular complexity index is 1300. The van der Waals surface area contributed by atoms with E-state index in [0.717, 1.165) is 32.1 Å². The lowest BCUT2D eigenvalue weighted by Crippen LogP contribution is -2.47. The van der Waals surface area contributed by atoms with E-state index in [1.165, 1.54) is 0 Å². The summed E-state index contributed by atoms with van der Waals surface area (Å²) in [5.41, 5.74) is 3.67. The summed E-state index contributed by atoms with van der Waals surface area (Å²) in [7, 11) is 0. The molecular weight excluding hydrogens is 546 g/mol. The van der Waals surface area contributed by atoms with E-state index in [4.69, 9.17) is 16.3 Å². The summed E-state index contributed by atoms with van der Waals surface area (Å²) in [6, 6.07) is 25.7. The second-order valence-electron chi connectivity index (χ2n) is 8.32. The van der Waals surface area contributed by atoms with Gasteiger partial charge in [-0.15, -0.1) is 0 Å². The minimum absolute atomic E-state index is 0.0291. The number of hydrogen-bond donors (Lipinski definition) is 0. The van der Waals surface area contributed by atoms with E-state index in [1.807, 2.05) is 72.8 Å². The third-order valence-corrected chi connectivity index (χ3v) is 8.02. The van der Waals surface area contributed by atoms with Crippen LogP contribution in [0.3, 0.4) is 0 Å². The second-order valence-corrected chi connectivity index (χ2v) is 10.6. The van der Waals surface area contributed by atoms with Gasteiger partial charge in [0.05, 0.1) is 29.2 Å². The van der Waals surface area contributed by atoms with Crippen molar-refractivity contribution in [3.05, 3.63) is 104 Å². The molecule has 0 bridgehead atoms.